The predicted molar refractivity (Wildman–Crippen MR) is 88.2 cm³/mol. The number of sulfonamides is 1. The Hall–Kier alpha value is -1.60. The number of piperidine rings is 1. The van der Waals surface area contributed by atoms with Crippen molar-refractivity contribution in [1.29, 1.82) is 0 Å². The number of carbonyl (C=O) groups is 1. The molecule has 6 nitrogen and oxygen atoms in total. The van der Waals surface area contributed by atoms with Crippen molar-refractivity contribution in [2.45, 2.75) is 43.0 Å². The van der Waals surface area contributed by atoms with Crippen LogP contribution in [0.1, 0.15) is 32.1 Å². The van der Waals surface area contributed by atoms with E-state index in [9.17, 15) is 13.2 Å². The van der Waals surface area contributed by atoms with E-state index in [2.05, 4.69) is 0 Å². The average Bonchev–Trinajstić information content (AvgIpc) is 3.09. The third-order valence-corrected chi connectivity index (χ3v) is 6.64. The second-order valence-electron chi connectivity index (χ2n) is 6.20. The molecule has 0 radical (unpaired) electrons. The van der Waals surface area contributed by atoms with Crippen molar-refractivity contribution in [3.63, 3.8) is 0 Å². The van der Waals surface area contributed by atoms with Crippen LogP contribution in [-0.2, 0) is 14.8 Å². The standard InChI is InChI=1S/C16H23N3O3S/c17-13-7-1-2-9-15(13)23(21,22)19-12-4-3-8-14(19)16(20)18-10-5-6-11-18/h1-2,7,9,14H,3-6,8,10-12,17H2/t14-/m1/s1. The molecule has 0 bridgehead atoms. The molecule has 0 saturated carbocycles. The van der Waals surface area contributed by atoms with E-state index >= 15 is 0 Å². The molecular formula is C16H23N3O3S. The van der Waals surface area contributed by atoms with Gasteiger partial charge < -0.3 is 10.6 Å². The minimum Gasteiger partial charge on any atom is -0.398 e. The molecule has 2 heterocycles. The van der Waals surface area contributed by atoms with E-state index in [1.807, 2.05) is 0 Å². The molecule has 1 aromatic carbocycles. The maximum absolute atomic E-state index is 13.0. The highest BCUT2D eigenvalue weighted by Gasteiger charge is 2.40. The molecule has 1 atom stereocenters. The van der Waals surface area contributed by atoms with Crippen molar-refractivity contribution in [3.05, 3.63) is 24.3 Å². The van der Waals surface area contributed by atoms with Crippen LogP contribution in [0, 0.1) is 0 Å². The minimum absolute atomic E-state index is 0.0553. The molecule has 0 aromatic heterocycles. The molecule has 2 saturated heterocycles. The first-order valence-corrected chi connectivity index (χ1v) is 9.61. The summed E-state index contributed by atoms with van der Waals surface area (Å²) in [5.74, 6) is -0.0553. The molecule has 0 aliphatic carbocycles. The third kappa shape index (κ3) is 3.07. The fourth-order valence-electron chi connectivity index (χ4n) is 3.43. The number of hydrogen-bond acceptors (Lipinski definition) is 4. The SMILES string of the molecule is Nc1ccccc1S(=O)(=O)N1CCCC[C@@H]1C(=O)N1CCCC1. The third-order valence-electron chi connectivity index (χ3n) is 4.66. The molecule has 3 rings (SSSR count). The second-order valence-corrected chi connectivity index (χ2v) is 8.06. The van der Waals surface area contributed by atoms with E-state index in [0.717, 1.165) is 38.8 Å². The lowest BCUT2D eigenvalue weighted by molar-refractivity contribution is -0.135. The average molecular weight is 337 g/mol. The van der Waals surface area contributed by atoms with Crippen LogP contribution in [0.4, 0.5) is 5.69 Å². The van der Waals surface area contributed by atoms with Crippen molar-refractivity contribution in [1.82, 2.24) is 9.21 Å². The molecular weight excluding hydrogens is 314 g/mol. The number of anilines is 1. The van der Waals surface area contributed by atoms with E-state index in [1.165, 1.54) is 10.4 Å². The van der Waals surface area contributed by atoms with Crippen LogP contribution in [0.15, 0.2) is 29.2 Å². The summed E-state index contributed by atoms with van der Waals surface area (Å²) in [5.41, 5.74) is 6.08. The van der Waals surface area contributed by atoms with E-state index in [4.69, 9.17) is 5.73 Å². The zero-order valence-corrected chi connectivity index (χ0v) is 14.0. The van der Waals surface area contributed by atoms with Gasteiger partial charge in [0.05, 0.1) is 5.69 Å². The normalized spacial score (nSPS) is 23.1. The quantitative estimate of drug-likeness (QED) is 0.846. The molecule has 23 heavy (non-hydrogen) atoms. The van der Waals surface area contributed by atoms with E-state index < -0.39 is 16.1 Å². The number of nitrogens with two attached hydrogens (primary N) is 1. The lowest BCUT2D eigenvalue weighted by Gasteiger charge is -2.35. The molecule has 1 aromatic rings. The first-order valence-electron chi connectivity index (χ1n) is 8.17. The van der Waals surface area contributed by atoms with Crippen molar-refractivity contribution in [3.8, 4) is 0 Å². The van der Waals surface area contributed by atoms with Crippen LogP contribution < -0.4 is 5.73 Å². The number of para-hydroxylation sites is 1. The molecule has 0 unspecified atom stereocenters. The summed E-state index contributed by atoms with van der Waals surface area (Å²) >= 11 is 0. The van der Waals surface area contributed by atoms with Gasteiger partial charge in [-0.2, -0.15) is 4.31 Å². The van der Waals surface area contributed by atoms with Crippen LogP contribution >= 0.6 is 0 Å². The van der Waals surface area contributed by atoms with Crippen LogP contribution in [0.25, 0.3) is 0 Å². The van der Waals surface area contributed by atoms with Gasteiger partial charge in [-0.25, -0.2) is 8.42 Å². The largest absolute Gasteiger partial charge is 0.398 e. The molecule has 126 valence electrons. The van der Waals surface area contributed by atoms with E-state index in [0.29, 0.717) is 13.0 Å². The fraction of sp³-hybridized carbons (Fsp3) is 0.562. The fourth-order valence-corrected chi connectivity index (χ4v) is 5.20. The Labute approximate surface area is 137 Å². The lowest BCUT2D eigenvalue weighted by atomic mass is 10.0. The zero-order valence-electron chi connectivity index (χ0n) is 13.1. The van der Waals surface area contributed by atoms with Crippen molar-refractivity contribution < 1.29 is 13.2 Å². The number of hydrogen-bond donors (Lipinski definition) is 1. The predicted octanol–water partition coefficient (Wildman–Crippen LogP) is 1.43. The Kier molecular flexibility index (Phi) is 4.59. The summed E-state index contributed by atoms with van der Waals surface area (Å²) in [5, 5.41) is 0. The monoisotopic (exact) mass is 337 g/mol. The summed E-state index contributed by atoms with van der Waals surface area (Å²) in [4.78, 5) is 14.7. The summed E-state index contributed by atoms with van der Waals surface area (Å²) in [7, 11) is -3.76. The highest BCUT2D eigenvalue weighted by atomic mass is 32.2. The molecule has 7 heteroatoms. The van der Waals surface area contributed by atoms with Crippen LogP contribution in [-0.4, -0.2) is 49.2 Å². The molecule has 2 aliphatic heterocycles. The maximum Gasteiger partial charge on any atom is 0.245 e. The van der Waals surface area contributed by atoms with Gasteiger partial charge in [0, 0.05) is 19.6 Å². The molecule has 1 amide bonds. The molecule has 2 N–H and O–H groups in total. The minimum atomic E-state index is -3.76. The van der Waals surface area contributed by atoms with Gasteiger partial charge in [0.25, 0.3) is 0 Å². The Balaban J connectivity index is 1.91. The van der Waals surface area contributed by atoms with Gasteiger partial charge in [-0.3, -0.25) is 4.79 Å². The van der Waals surface area contributed by atoms with E-state index in [-0.39, 0.29) is 16.5 Å². The van der Waals surface area contributed by atoms with Gasteiger partial charge in [0.2, 0.25) is 15.9 Å². The topological polar surface area (TPSA) is 83.7 Å². The number of nitrogens with zero attached hydrogens (tertiary/aromatic N) is 2. The summed E-state index contributed by atoms with van der Waals surface area (Å²) in [6, 6.07) is 5.86. The number of amides is 1. The number of likely N-dealkylation sites (tertiary alicyclic amines) is 1. The first kappa shape index (κ1) is 16.3. The Morgan fingerprint density at radius 2 is 1.70 bits per heavy atom. The van der Waals surface area contributed by atoms with Gasteiger partial charge in [0.15, 0.2) is 0 Å². The van der Waals surface area contributed by atoms with Crippen molar-refractivity contribution >= 4 is 21.6 Å². The molecule has 2 aliphatic rings. The van der Waals surface area contributed by atoms with E-state index in [1.54, 1.807) is 23.1 Å². The van der Waals surface area contributed by atoms with Crippen LogP contribution in [0.5, 0.6) is 0 Å². The Morgan fingerprint density at radius 1 is 1.04 bits per heavy atom. The van der Waals surface area contributed by atoms with Gasteiger partial charge in [-0.15, -0.1) is 0 Å². The first-order chi connectivity index (χ1) is 11.0. The maximum atomic E-state index is 13.0. The molecule has 2 fully saturated rings. The lowest BCUT2D eigenvalue weighted by Crippen LogP contribution is -2.52. The Morgan fingerprint density at radius 3 is 2.39 bits per heavy atom. The number of nitrogen functional groups attached to an aromatic ring is 1. The highest BCUT2D eigenvalue weighted by molar-refractivity contribution is 7.89. The van der Waals surface area contributed by atoms with Gasteiger partial charge >= 0.3 is 0 Å². The number of rotatable bonds is 3. The van der Waals surface area contributed by atoms with Gasteiger partial charge in [-0.05, 0) is 37.8 Å². The smallest absolute Gasteiger partial charge is 0.245 e. The number of benzene rings is 1. The van der Waals surface area contributed by atoms with Crippen molar-refractivity contribution in [2.75, 3.05) is 25.4 Å². The zero-order chi connectivity index (χ0) is 16.4. The number of carbonyl (C=O) groups excluding carboxylic acids is 1. The van der Waals surface area contributed by atoms with Gasteiger partial charge in [-0.1, -0.05) is 18.6 Å². The second kappa shape index (κ2) is 6.49. The van der Waals surface area contributed by atoms with Crippen molar-refractivity contribution in [2.24, 2.45) is 0 Å². The summed E-state index contributed by atoms with van der Waals surface area (Å²) in [6.07, 6.45) is 4.23. The van der Waals surface area contributed by atoms with Crippen LogP contribution in [0.2, 0.25) is 0 Å². The van der Waals surface area contributed by atoms with Crippen LogP contribution in [0.3, 0.4) is 0 Å². The molecule has 0 spiro atoms. The Bertz CT molecular complexity index is 684. The highest BCUT2D eigenvalue weighted by Crippen LogP contribution is 2.29. The van der Waals surface area contributed by atoms with Gasteiger partial charge in [0.1, 0.15) is 10.9 Å². The summed E-state index contributed by atoms with van der Waals surface area (Å²) < 4.78 is 27.4. The summed E-state index contributed by atoms with van der Waals surface area (Å²) in [6.45, 7) is 1.84.